The predicted octanol–water partition coefficient (Wildman–Crippen LogP) is 1.75. The number of amides is 1. The molecule has 16 heavy (non-hydrogen) atoms. The van der Waals surface area contributed by atoms with Crippen molar-refractivity contribution in [2.45, 2.75) is 32.6 Å². The largest absolute Gasteiger partial charge is 0.466 e. The van der Waals surface area contributed by atoms with Gasteiger partial charge in [0.2, 0.25) is 5.91 Å². The minimum atomic E-state index is -0.310. The quantitative estimate of drug-likeness (QED) is 0.360. The maximum atomic E-state index is 11.5. The molecule has 4 nitrogen and oxygen atoms in total. The highest BCUT2D eigenvalue weighted by molar-refractivity contribution is 5.81. The molecule has 0 aliphatic carbocycles. The number of ether oxygens (including phenoxy) is 1. The lowest BCUT2D eigenvalue weighted by molar-refractivity contribution is -0.145. The number of hydrogen-bond acceptors (Lipinski definition) is 3. The highest BCUT2D eigenvalue weighted by atomic mass is 16.5. The van der Waals surface area contributed by atoms with Crippen LogP contribution in [0.3, 0.4) is 0 Å². The summed E-state index contributed by atoms with van der Waals surface area (Å²) >= 11 is 0. The zero-order valence-corrected chi connectivity index (χ0v) is 10.2. The Morgan fingerprint density at radius 2 is 2.06 bits per heavy atom. The van der Waals surface area contributed by atoms with E-state index in [2.05, 4.69) is 6.58 Å². The Bertz CT molecular complexity index is 238. The van der Waals surface area contributed by atoms with Crippen molar-refractivity contribution in [3.05, 3.63) is 12.7 Å². The van der Waals surface area contributed by atoms with Crippen LogP contribution < -0.4 is 0 Å². The van der Waals surface area contributed by atoms with Gasteiger partial charge in [-0.05, 0) is 19.8 Å². The SMILES string of the molecule is C=CCCCN(C)C(=O)CCC(=O)OCC. The molecule has 0 saturated carbocycles. The molecule has 0 aromatic heterocycles. The lowest BCUT2D eigenvalue weighted by Crippen LogP contribution is -2.28. The summed E-state index contributed by atoms with van der Waals surface area (Å²) in [4.78, 5) is 24.2. The van der Waals surface area contributed by atoms with Gasteiger partial charge in [-0.15, -0.1) is 6.58 Å². The number of nitrogens with zero attached hydrogens (tertiary/aromatic N) is 1. The molecule has 0 saturated heterocycles. The highest BCUT2D eigenvalue weighted by Crippen LogP contribution is 2.00. The average molecular weight is 227 g/mol. The van der Waals surface area contributed by atoms with Gasteiger partial charge in [-0.25, -0.2) is 0 Å². The molecule has 0 aromatic carbocycles. The summed E-state index contributed by atoms with van der Waals surface area (Å²) in [6, 6.07) is 0. The number of unbranched alkanes of at least 4 members (excludes halogenated alkanes) is 1. The number of esters is 1. The third-order valence-corrected chi connectivity index (χ3v) is 2.18. The molecule has 0 radical (unpaired) electrons. The standard InChI is InChI=1S/C12H21NO3/c1-4-6-7-10-13(3)11(14)8-9-12(15)16-5-2/h4H,1,5-10H2,2-3H3. The summed E-state index contributed by atoms with van der Waals surface area (Å²) in [6.07, 6.45) is 4.03. The molecule has 0 bridgehead atoms. The smallest absolute Gasteiger partial charge is 0.306 e. The van der Waals surface area contributed by atoms with E-state index in [0.717, 1.165) is 12.8 Å². The highest BCUT2D eigenvalue weighted by Gasteiger charge is 2.11. The topological polar surface area (TPSA) is 46.6 Å². The van der Waals surface area contributed by atoms with Crippen LogP contribution in [0.1, 0.15) is 32.6 Å². The summed E-state index contributed by atoms with van der Waals surface area (Å²) in [5.74, 6) is -0.326. The van der Waals surface area contributed by atoms with Crippen molar-refractivity contribution in [2.75, 3.05) is 20.2 Å². The van der Waals surface area contributed by atoms with Crippen molar-refractivity contribution in [3.8, 4) is 0 Å². The molecule has 0 unspecified atom stereocenters. The molecular formula is C12H21NO3. The first kappa shape index (κ1) is 14.7. The van der Waals surface area contributed by atoms with Gasteiger partial charge >= 0.3 is 5.97 Å². The van der Waals surface area contributed by atoms with Crippen molar-refractivity contribution < 1.29 is 14.3 Å². The Labute approximate surface area is 97.3 Å². The fraction of sp³-hybridized carbons (Fsp3) is 0.667. The number of hydrogen-bond donors (Lipinski definition) is 0. The van der Waals surface area contributed by atoms with Crippen molar-refractivity contribution in [3.63, 3.8) is 0 Å². The maximum Gasteiger partial charge on any atom is 0.306 e. The van der Waals surface area contributed by atoms with Crippen LogP contribution in [-0.2, 0) is 14.3 Å². The van der Waals surface area contributed by atoms with Gasteiger partial charge in [0.05, 0.1) is 13.0 Å². The lowest BCUT2D eigenvalue weighted by atomic mass is 10.2. The second-order valence-electron chi connectivity index (χ2n) is 3.55. The Morgan fingerprint density at radius 3 is 2.62 bits per heavy atom. The molecule has 4 heteroatoms. The minimum Gasteiger partial charge on any atom is -0.466 e. The third kappa shape index (κ3) is 7.04. The molecule has 0 aromatic rings. The zero-order chi connectivity index (χ0) is 12.4. The van der Waals surface area contributed by atoms with Gasteiger partial charge in [0.15, 0.2) is 0 Å². The van der Waals surface area contributed by atoms with Crippen molar-refractivity contribution in [2.24, 2.45) is 0 Å². The summed E-state index contributed by atoms with van der Waals surface area (Å²) in [7, 11) is 1.75. The second-order valence-corrected chi connectivity index (χ2v) is 3.55. The average Bonchev–Trinajstić information content (AvgIpc) is 2.26. The molecule has 1 amide bonds. The summed E-state index contributed by atoms with van der Waals surface area (Å²) in [5, 5.41) is 0. The fourth-order valence-electron chi connectivity index (χ4n) is 1.23. The fourth-order valence-corrected chi connectivity index (χ4v) is 1.23. The van der Waals surface area contributed by atoms with E-state index in [-0.39, 0.29) is 24.7 Å². The van der Waals surface area contributed by atoms with Crippen LogP contribution in [-0.4, -0.2) is 37.0 Å². The van der Waals surface area contributed by atoms with Gasteiger partial charge in [0.1, 0.15) is 0 Å². The van der Waals surface area contributed by atoms with Gasteiger partial charge < -0.3 is 9.64 Å². The maximum absolute atomic E-state index is 11.5. The Hall–Kier alpha value is -1.32. The zero-order valence-electron chi connectivity index (χ0n) is 10.2. The van der Waals surface area contributed by atoms with E-state index in [0.29, 0.717) is 13.2 Å². The minimum absolute atomic E-state index is 0.0166. The summed E-state index contributed by atoms with van der Waals surface area (Å²) in [5.41, 5.74) is 0. The van der Waals surface area contributed by atoms with E-state index < -0.39 is 0 Å². The van der Waals surface area contributed by atoms with Gasteiger partial charge in [-0.3, -0.25) is 9.59 Å². The van der Waals surface area contributed by atoms with E-state index in [9.17, 15) is 9.59 Å². The molecule has 0 heterocycles. The second kappa shape index (κ2) is 8.95. The first-order chi connectivity index (χ1) is 7.61. The van der Waals surface area contributed by atoms with Crippen LogP contribution >= 0.6 is 0 Å². The lowest BCUT2D eigenvalue weighted by Gasteiger charge is -2.16. The molecule has 0 rings (SSSR count). The van der Waals surface area contributed by atoms with Crippen LogP contribution in [0, 0.1) is 0 Å². The van der Waals surface area contributed by atoms with E-state index in [1.165, 1.54) is 0 Å². The molecule has 0 aliphatic rings. The van der Waals surface area contributed by atoms with E-state index in [1.807, 2.05) is 6.08 Å². The van der Waals surface area contributed by atoms with Gasteiger partial charge in [0.25, 0.3) is 0 Å². The molecule has 0 aliphatic heterocycles. The number of allylic oxidation sites excluding steroid dienone is 1. The monoisotopic (exact) mass is 227 g/mol. The van der Waals surface area contributed by atoms with Crippen molar-refractivity contribution >= 4 is 11.9 Å². The number of rotatable bonds is 8. The van der Waals surface area contributed by atoms with Crippen LogP contribution in [0.4, 0.5) is 0 Å². The van der Waals surface area contributed by atoms with Crippen LogP contribution in [0.2, 0.25) is 0 Å². The third-order valence-electron chi connectivity index (χ3n) is 2.18. The molecular weight excluding hydrogens is 206 g/mol. The molecule has 0 N–H and O–H groups in total. The Kier molecular flexibility index (Phi) is 8.21. The Balaban J connectivity index is 3.70. The normalized spacial score (nSPS) is 9.62. The number of carbonyl (C=O) groups is 2. The van der Waals surface area contributed by atoms with Crippen molar-refractivity contribution in [1.29, 1.82) is 0 Å². The van der Waals surface area contributed by atoms with Gasteiger partial charge in [-0.1, -0.05) is 6.08 Å². The number of carbonyl (C=O) groups excluding carboxylic acids is 2. The van der Waals surface area contributed by atoms with E-state index in [1.54, 1.807) is 18.9 Å². The molecule has 0 atom stereocenters. The van der Waals surface area contributed by atoms with Gasteiger partial charge in [-0.2, -0.15) is 0 Å². The van der Waals surface area contributed by atoms with Crippen LogP contribution in [0.25, 0.3) is 0 Å². The van der Waals surface area contributed by atoms with Crippen LogP contribution in [0.5, 0.6) is 0 Å². The summed E-state index contributed by atoms with van der Waals surface area (Å²) < 4.78 is 4.75. The van der Waals surface area contributed by atoms with Crippen LogP contribution in [0.15, 0.2) is 12.7 Å². The van der Waals surface area contributed by atoms with Crippen molar-refractivity contribution in [1.82, 2.24) is 4.90 Å². The van der Waals surface area contributed by atoms with E-state index in [4.69, 9.17) is 4.74 Å². The summed E-state index contributed by atoms with van der Waals surface area (Å²) in [6.45, 7) is 6.43. The molecule has 0 fully saturated rings. The first-order valence-electron chi connectivity index (χ1n) is 5.62. The molecule has 0 spiro atoms. The van der Waals surface area contributed by atoms with E-state index >= 15 is 0 Å². The Morgan fingerprint density at radius 1 is 1.38 bits per heavy atom. The van der Waals surface area contributed by atoms with Gasteiger partial charge in [0, 0.05) is 20.0 Å². The predicted molar refractivity (Wildman–Crippen MR) is 62.9 cm³/mol. The molecule has 92 valence electrons. The first-order valence-corrected chi connectivity index (χ1v) is 5.62.